The van der Waals surface area contributed by atoms with E-state index >= 15 is 0 Å². The van der Waals surface area contributed by atoms with Crippen molar-refractivity contribution in [3.63, 3.8) is 0 Å². The Morgan fingerprint density at radius 2 is 1.78 bits per heavy atom. The molecule has 27 heavy (non-hydrogen) atoms. The number of sulfonamides is 1. The van der Waals surface area contributed by atoms with Crippen LogP contribution in [0.1, 0.15) is 30.5 Å². The summed E-state index contributed by atoms with van der Waals surface area (Å²) in [4.78, 5) is 7.49. The minimum Gasteiger partial charge on any atom is -0.294 e. The number of amidine groups is 1. The summed E-state index contributed by atoms with van der Waals surface area (Å²) in [6.07, 6.45) is 1.05. The molecule has 0 saturated carbocycles. The molecule has 1 N–H and O–H groups in total. The van der Waals surface area contributed by atoms with Gasteiger partial charge in [0.15, 0.2) is 0 Å². The number of fused-ring (bicyclic) bond motifs is 2. The normalized spacial score (nSPS) is 20.9. The van der Waals surface area contributed by atoms with Gasteiger partial charge in [-0.2, -0.15) is 0 Å². The first-order chi connectivity index (χ1) is 13.0. The Morgan fingerprint density at radius 3 is 2.56 bits per heavy atom. The van der Waals surface area contributed by atoms with Crippen LogP contribution in [0.4, 0.5) is 0 Å². The zero-order valence-corrected chi connectivity index (χ0v) is 16.5. The standard InChI is InChI=1S/C21H25N3O2S/c1-15(2)19(24-12-11-16-7-3-4-8-17(16)14-24)13-22-21-18-9-5-6-10-20(18)27(25,26)23-21/h3-10,15,19H,11-14H2,1-2H3,(H,22,23). The Morgan fingerprint density at radius 1 is 1.07 bits per heavy atom. The van der Waals surface area contributed by atoms with Crippen LogP contribution in [0.15, 0.2) is 58.4 Å². The van der Waals surface area contributed by atoms with Crippen molar-refractivity contribution in [2.24, 2.45) is 10.9 Å². The van der Waals surface area contributed by atoms with Gasteiger partial charge in [0, 0.05) is 24.7 Å². The van der Waals surface area contributed by atoms with Crippen LogP contribution < -0.4 is 4.72 Å². The van der Waals surface area contributed by atoms with Crippen molar-refractivity contribution in [1.29, 1.82) is 0 Å². The van der Waals surface area contributed by atoms with Gasteiger partial charge in [0.05, 0.1) is 11.4 Å². The summed E-state index contributed by atoms with van der Waals surface area (Å²) in [7, 11) is -3.48. The van der Waals surface area contributed by atoms with E-state index in [1.807, 2.05) is 12.1 Å². The van der Waals surface area contributed by atoms with Gasteiger partial charge in [0.25, 0.3) is 10.0 Å². The van der Waals surface area contributed by atoms with E-state index in [0.717, 1.165) is 19.5 Å². The maximum Gasteiger partial charge on any atom is 0.263 e. The second kappa shape index (κ2) is 7.09. The maximum atomic E-state index is 12.3. The van der Waals surface area contributed by atoms with Gasteiger partial charge in [-0.15, -0.1) is 0 Å². The van der Waals surface area contributed by atoms with E-state index in [0.29, 0.717) is 28.8 Å². The molecule has 5 nitrogen and oxygen atoms in total. The summed E-state index contributed by atoms with van der Waals surface area (Å²) in [5, 5.41) is 0. The number of benzene rings is 2. The van der Waals surface area contributed by atoms with E-state index in [2.05, 4.69) is 47.7 Å². The van der Waals surface area contributed by atoms with Crippen molar-refractivity contribution < 1.29 is 8.42 Å². The molecule has 1 unspecified atom stereocenters. The lowest BCUT2D eigenvalue weighted by atomic mass is 9.95. The van der Waals surface area contributed by atoms with E-state index in [-0.39, 0.29) is 6.04 Å². The van der Waals surface area contributed by atoms with Crippen LogP contribution in [0.2, 0.25) is 0 Å². The second-order valence-electron chi connectivity index (χ2n) is 7.59. The molecule has 0 aliphatic carbocycles. The zero-order valence-electron chi connectivity index (χ0n) is 15.7. The number of hydrogen-bond donors (Lipinski definition) is 1. The van der Waals surface area contributed by atoms with Crippen molar-refractivity contribution in [2.75, 3.05) is 13.1 Å². The first-order valence-electron chi connectivity index (χ1n) is 9.43. The highest BCUT2D eigenvalue weighted by atomic mass is 32.2. The third-order valence-corrected chi connectivity index (χ3v) is 6.90. The first kappa shape index (κ1) is 18.2. The quantitative estimate of drug-likeness (QED) is 0.883. The molecular weight excluding hydrogens is 358 g/mol. The third-order valence-electron chi connectivity index (χ3n) is 5.50. The lowest BCUT2D eigenvalue weighted by Crippen LogP contribution is -2.44. The number of nitrogens with one attached hydrogen (secondary N) is 1. The molecule has 0 amide bonds. The fourth-order valence-electron chi connectivity index (χ4n) is 3.98. The molecule has 2 aliphatic rings. The van der Waals surface area contributed by atoms with E-state index in [1.165, 1.54) is 11.1 Å². The Bertz CT molecular complexity index is 982. The van der Waals surface area contributed by atoms with Crippen LogP contribution in [0.25, 0.3) is 0 Å². The average molecular weight is 384 g/mol. The van der Waals surface area contributed by atoms with Crippen LogP contribution in [-0.2, 0) is 23.0 Å². The van der Waals surface area contributed by atoms with Gasteiger partial charge in [-0.05, 0) is 35.6 Å². The maximum absolute atomic E-state index is 12.3. The smallest absolute Gasteiger partial charge is 0.263 e. The summed E-state index contributed by atoms with van der Waals surface area (Å²) < 4.78 is 27.2. The van der Waals surface area contributed by atoms with Gasteiger partial charge in [-0.1, -0.05) is 50.2 Å². The Balaban J connectivity index is 1.56. The minimum atomic E-state index is -3.48. The van der Waals surface area contributed by atoms with Crippen molar-refractivity contribution in [1.82, 2.24) is 9.62 Å². The molecule has 0 saturated heterocycles. The monoisotopic (exact) mass is 383 g/mol. The number of aliphatic imine (C=N–C) groups is 1. The van der Waals surface area contributed by atoms with Crippen molar-refractivity contribution in [2.45, 2.75) is 37.8 Å². The van der Waals surface area contributed by atoms with Gasteiger partial charge in [-0.3, -0.25) is 14.6 Å². The summed E-state index contributed by atoms with van der Waals surface area (Å²) in [6, 6.07) is 15.9. The molecule has 0 fully saturated rings. The van der Waals surface area contributed by atoms with E-state index in [4.69, 9.17) is 4.99 Å². The number of rotatable bonds is 4. The molecule has 2 aliphatic heterocycles. The van der Waals surface area contributed by atoms with Gasteiger partial charge < -0.3 is 0 Å². The zero-order chi connectivity index (χ0) is 19.0. The van der Waals surface area contributed by atoms with E-state index in [1.54, 1.807) is 12.1 Å². The third kappa shape index (κ3) is 3.51. The number of nitrogens with zero attached hydrogens (tertiary/aromatic N) is 2. The molecule has 2 aromatic rings. The fourth-order valence-corrected chi connectivity index (χ4v) is 5.24. The Labute approximate surface area is 161 Å². The van der Waals surface area contributed by atoms with Crippen LogP contribution in [0.3, 0.4) is 0 Å². The predicted molar refractivity (Wildman–Crippen MR) is 107 cm³/mol. The molecule has 4 rings (SSSR count). The highest BCUT2D eigenvalue weighted by molar-refractivity contribution is 7.90. The Hall–Kier alpha value is -2.18. The van der Waals surface area contributed by atoms with Gasteiger partial charge in [0.1, 0.15) is 5.84 Å². The molecular formula is C21H25N3O2S. The fraction of sp³-hybridized carbons (Fsp3) is 0.381. The SMILES string of the molecule is CC(C)C(CN=C1NS(=O)(=O)c2ccccc21)N1CCc2ccccc2C1. The molecule has 0 spiro atoms. The van der Waals surface area contributed by atoms with Crippen LogP contribution in [0.5, 0.6) is 0 Å². The van der Waals surface area contributed by atoms with Crippen molar-refractivity contribution >= 4 is 15.9 Å². The molecule has 2 heterocycles. The predicted octanol–water partition coefficient (Wildman–Crippen LogP) is 2.81. The first-order valence-corrected chi connectivity index (χ1v) is 10.9. The summed E-state index contributed by atoms with van der Waals surface area (Å²) in [6.45, 7) is 6.92. The molecule has 0 bridgehead atoms. The van der Waals surface area contributed by atoms with Crippen LogP contribution in [-0.4, -0.2) is 38.3 Å². The van der Waals surface area contributed by atoms with E-state index in [9.17, 15) is 8.42 Å². The average Bonchev–Trinajstić information content (AvgIpc) is 2.92. The summed E-state index contributed by atoms with van der Waals surface area (Å²) in [5.41, 5.74) is 3.48. The molecule has 0 radical (unpaired) electrons. The summed E-state index contributed by atoms with van der Waals surface area (Å²) >= 11 is 0. The van der Waals surface area contributed by atoms with Gasteiger partial charge in [-0.25, -0.2) is 8.42 Å². The second-order valence-corrected chi connectivity index (χ2v) is 9.24. The van der Waals surface area contributed by atoms with Gasteiger partial charge in [0.2, 0.25) is 0 Å². The van der Waals surface area contributed by atoms with Gasteiger partial charge >= 0.3 is 0 Å². The van der Waals surface area contributed by atoms with Crippen LogP contribution in [0, 0.1) is 5.92 Å². The largest absolute Gasteiger partial charge is 0.294 e. The molecule has 6 heteroatoms. The lowest BCUT2D eigenvalue weighted by Gasteiger charge is -2.37. The lowest BCUT2D eigenvalue weighted by molar-refractivity contribution is 0.145. The molecule has 0 aromatic heterocycles. The number of hydrogen-bond acceptors (Lipinski definition) is 4. The highest BCUT2D eigenvalue weighted by Crippen LogP contribution is 2.25. The molecule has 2 aromatic carbocycles. The summed E-state index contributed by atoms with van der Waals surface area (Å²) in [5.74, 6) is 0.890. The van der Waals surface area contributed by atoms with Crippen molar-refractivity contribution in [3.05, 3.63) is 65.2 Å². The van der Waals surface area contributed by atoms with Crippen LogP contribution >= 0.6 is 0 Å². The highest BCUT2D eigenvalue weighted by Gasteiger charge is 2.31. The van der Waals surface area contributed by atoms with Crippen molar-refractivity contribution in [3.8, 4) is 0 Å². The molecule has 1 atom stereocenters. The van der Waals surface area contributed by atoms with E-state index < -0.39 is 10.0 Å². The Kier molecular flexibility index (Phi) is 4.78. The molecule has 142 valence electrons. The minimum absolute atomic E-state index is 0.267. The topological polar surface area (TPSA) is 61.8 Å².